The molecule has 0 amide bonds. The van der Waals surface area contributed by atoms with E-state index in [1.54, 1.807) is 66.7 Å². The summed E-state index contributed by atoms with van der Waals surface area (Å²) in [6.45, 7) is 0.0923. The summed E-state index contributed by atoms with van der Waals surface area (Å²) < 4.78 is 42.3. The van der Waals surface area contributed by atoms with Crippen LogP contribution in [-0.4, -0.2) is 18.7 Å². The van der Waals surface area contributed by atoms with Crippen molar-refractivity contribution >= 4 is 5.97 Å². The van der Waals surface area contributed by atoms with Crippen LogP contribution in [0.4, 0.5) is 4.39 Å². The zero-order valence-electron chi connectivity index (χ0n) is 21.6. The van der Waals surface area contributed by atoms with E-state index in [-0.39, 0.29) is 36.2 Å². The van der Waals surface area contributed by atoms with Crippen LogP contribution in [0.1, 0.15) is 22.6 Å². The third-order valence-corrected chi connectivity index (χ3v) is 6.75. The first-order valence-corrected chi connectivity index (χ1v) is 12.8. The van der Waals surface area contributed by atoms with E-state index in [1.807, 2.05) is 18.2 Å². The fourth-order valence-electron chi connectivity index (χ4n) is 4.69. The molecule has 0 bridgehead atoms. The molecule has 0 saturated carbocycles. The van der Waals surface area contributed by atoms with Crippen LogP contribution in [-0.2, 0) is 11.4 Å². The number of nitrogens with two attached hydrogens (primary N) is 1. The highest BCUT2D eigenvalue weighted by Crippen LogP contribution is 2.44. The Bertz CT molecular complexity index is 1700. The molecule has 2 aliphatic heterocycles. The van der Waals surface area contributed by atoms with Gasteiger partial charge in [-0.2, -0.15) is 5.26 Å². The Morgan fingerprint density at radius 1 is 0.951 bits per heavy atom. The van der Waals surface area contributed by atoms with Crippen LogP contribution in [0.15, 0.2) is 102 Å². The number of rotatable bonds is 6. The number of hydrogen-bond donors (Lipinski definition) is 1. The third kappa shape index (κ3) is 5.23. The molecule has 2 aliphatic rings. The smallest absolute Gasteiger partial charge is 0.356 e. The van der Waals surface area contributed by atoms with E-state index in [9.17, 15) is 14.4 Å². The topological polar surface area (TPSA) is 113 Å². The summed E-state index contributed by atoms with van der Waals surface area (Å²) in [6.07, 6.45) is -0.941. The number of nitriles is 1. The maximum absolute atomic E-state index is 13.9. The number of esters is 1. The fourth-order valence-corrected chi connectivity index (χ4v) is 4.69. The molecule has 0 aromatic heterocycles. The first kappa shape index (κ1) is 25.8. The highest BCUT2D eigenvalue weighted by Gasteiger charge is 2.32. The Labute approximate surface area is 234 Å². The highest BCUT2D eigenvalue weighted by molar-refractivity contribution is 5.78. The summed E-state index contributed by atoms with van der Waals surface area (Å²) in [4.78, 5) is 12.8. The first-order chi connectivity index (χ1) is 20.0. The van der Waals surface area contributed by atoms with Gasteiger partial charge in [-0.05, 0) is 42.0 Å². The largest absolute Gasteiger partial charge is 0.489 e. The van der Waals surface area contributed by atoms with Crippen molar-refractivity contribution in [1.82, 2.24) is 0 Å². The van der Waals surface area contributed by atoms with Gasteiger partial charge in [-0.15, -0.1) is 0 Å². The third-order valence-electron chi connectivity index (χ3n) is 6.75. The summed E-state index contributed by atoms with van der Waals surface area (Å²) in [5.41, 5.74) is 8.26. The second kappa shape index (κ2) is 10.9. The molecule has 2 heterocycles. The molecule has 0 saturated heterocycles. The van der Waals surface area contributed by atoms with E-state index in [1.165, 1.54) is 6.07 Å². The lowest BCUT2D eigenvalue weighted by Gasteiger charge is -2.27. The molecule has 0 radical (unpaired) electrons. The Hall–Kier alpha value is -5.49. The van der Waals surface area contributed by atoms with E-state index in [2.05, 4.69) is 6.07 Å². The number of carbonyl (C=O) groups is 1. The Morgan fingerprint density at radius 2 is 1.68 bits per heavy atom. The van der Waals surface area contributed by atoms with Crippen molar-refractivity contribution in [1.29, 1.82) is 5.26 Å². The molecule has 9 heteroatoms. The Kier molecular flexibility index (Phi) is 6.88. The van der Waals surface area contributed by atoms with Crippen LogP contribution in [0.25, 0.3) is 0 Å². The number of hydrogen-bond acceptors (Lipinski definition) is 8. The molecule has 8 nitrogen and oxygen atoms in total. The number of ether oxygens (including phenoxy) is 5. The molecule has 6 rings (SSSR count). The second-order valence-electron chi connectivity index (χ2n) is 9.36. The minimum absolute atomic E-state index is 0.0145. The summed E-state index contributed by atoms with van der Waals surface area (Å²) >= 11 is 0. The van der Waals surface area contributed by atoms with E-state index in [0.29, 0.717) is 34.1 Å². The molecule has 41 heavy (non-hydrogen) atoms. The lowest BCUT2D eigenvalue weighted by molar-refractivity contribution is -0.144. The number of halogens is 1. The summed E-state index contributed by atoms with van der Waals surface area (Å²) in [6, 6.07) is 27.6. The summed E-state index contributed by atoms with van der Waals surface area (Å²) in [5, 5.41) is 9.87. The van der Waals surface area contributed by atoms with Crippen LogP contribution in [0.2, 0.25) is 0 Å². The molecule has 0 fully saturated rings. The van der Waals surface area contributed by atoms with Crippen molar-refractivity contribution in [3.05, 3.63) is 125 Å². The number of allylic oxidation sites excluding steroid dienone is 1. The lowest BCUT2D eigenvalue weighted by Crippen LogP contribution is -2.39. The predicted octanol–water partition coefficient (Wildman–Crippen LogP) is 5.37. The van der Waals surface area contributed by atoms with Crippen LogP contribution >= 0.6 is 0 Å². The van der Waals surface area contributed by atoms with Gasteiger partial charge in [0.1, 0.15) is 47.9 Å². The monoisotopic (exact) mass is 550 g/mol. The highest BCUT2D eigenvalue weighted by atomic mass is 19.1. The normalized spacial score (nSPS) is 17.1. The van der Waals surface area contributed by atoms with Crippen molar-refractivity contribution in [2.24, 2.45) is 5.73 Å². The van der Waals surface area contributed by atoms with Gasteiger partial charge in [-0.25, -0.2) is 9.18 Å². The molecule has 4 aromatic carbocycles. The van der Waals surface area contributed by atoms with Crippen molar-refractivity contribution in [3.8, 4) is 34.8 Å². The maximum atomic E-state index is 13.9. The minimum atomic E-state index is -0.941. The fraction of sp³-hybridized carbons (Fsp3) is 0.125. The average molecular weight is 551 g/mol. The van der Waals surface area contributed by atoms with E-state index in [4.69, 9.17) is 29.4 Å². The van der Waals surface area contributed by atoms with Gasteiger partial charge >= 0.3 is 5.97 Å². The van der Waals surface area contributed by atoms with Gasteiger partial charge in [0.15, 0.2) is 11.5 Å². The molecule has 4 aromatic rings. The lowest BCUT2D eigenvalue weighted by atomic mass is 9.83. The van der Waals surface area contributed by atoms with Gasteiger partial charge in [-0.1, -0.05) is 48.5 Å². The quantitative estimate of drug-likeness (QED) is 0.252. The van der Waals surface area contributed by atoms with Gasteiger partial charge in [0.25, 0.3) is 0 Å². The predicted molar refractivity (Wildman–Crippen MR) is 145 cm³/mol. The number of para-hydroxylation sites is 2. The van der Waals surface area contributed by atoms with Crippen LogP contribution in [0.5, 0.6) is 28.7 Å². The molecular formula is C32H23FN2O6. The maximum Gasteiger partial charge on any atom is 0.356 e. The Balaban J connectivity index is 1.20. The van der Waals surface area contributed by atoms with Gasteiger partial charge in [0.05, 0.1) is 5.92 Å². The number of benzene rings is 4. The van der Waals surface area contributed by atoms with Gasteiger partial charge in [-0.3, -0.25) is 0 Å². The number of carbonyl (C=O) groups excluding carboxylic acids is 1. The van der Waals surface area contributed by atoms with E-state index >= 15 is 0 Å². The van der Waals surface area contributed by atoms with Gasteiger partial charge in [0.2, 0.25) is 12.0 Å². The standard InChI is InChI=1S/C32H23FN2O6/c33-25-6-2-1-5-20(25)17-37-21-11-9-19(10-12-21)30-23-14-13-22(15-28(23)41-31(35)24(30)16-34)39-32(36)29-18-38-26-7-3-4-8-27(26)40-29/h1-15,29-30H,17-18,35H2. The molecule has 2 atom stereocenters. The van der Waals surface area contributed by atoms with Gasteiger partial charge < -0.3 is 29.4 Å². The molecular weight excluding hydrogens is 527 g/mol. The van der Waals surface area contributed by atoms with E-state index < -0.39 is 18.0 Å². The van der Waals surface area contributed by atoms with Gasteiger partial charge in [0, 0.05) is 17.2 Å². The molecule has 2 N–H and O–H groups in total. The molecule has 2 unspecified atom stereocenters. The summed E-state index contributed by atoms with van der Waals surface area (Å²) in [5.74, 6) is 0.597. The molecule has 0 spiro atoms. The molecule has 204 valence electrons. The Morgan fingerprint density at radius 3 is 2.46 bits per heavy atom. The zero-order chi connectivity index (χ0) is 28.3. The van der Waals surface area contributed by atoms with Crippen molar-refractivity contribution in [3.63, 3.8) is 0 Å². The SMILES string of the molecule is N#CC1=C(N)Oc2cc(OC(=O)C3COc4ccccc4O3)ccc2C1c1ccc(OCc2ccccc2F)cc1. The zero-order valence-corrected chi connectivity index (χ0v) is 21.6. The molecule has 0 aliphatic carbocycles. The van der Waals surface area contributed by atoms with E-state index in [0.717, 1.165) is 5.56 Å². The van der Waals surface area contributed by atoms with Crippen molar-refractivity contribution in [2.75, 3.05) is 6.61 Å². The second-order valence-corrected chi connectivity index (χ2v) is 9.36. The summed E-state index contributed by atoms with van der Waals surface area (Å²) in [7, 11) is 0. The van der Waals surface area contributed by atoms with Crippen LogP contribution in [0.3, 0.4) is 0 Å². The number of nitrogens with zero attached hydrogens (tertiary/aromatic N) is 1. The van der Waals surface area contributed by atoms with Crippen molar-refractivity contribution < 1.29 is 32.9 Å². The first-order valence-electron chi connectivity index (χ1n) is 12.8. The number of fused-ring (bicyclic) bond motifs is 2. The van der Waals surface area contributed by atoms with Crippen LogP contribution in [0, 0.1) is 17.1 Å². The van der Waals surface area contributed by atoms with Crippen LogP contribution < -0.4 is 29.4 Å². The minimum Gasteiger partial charge on any atom is -0.489 e. The average Bonchev–Trinajstić information content (AvgIpc) is 3.00. The van der Waals surface area contributed by atoms with Crippen molar-refractivity contribution in [2.45, 2.75) is 18.6 Å².